The van der Waals surface area contributed by atoms with E-state index in [0.29, 0.717) is 0 Å². The Morgan fingerprint density at radius 3 is 2.00 bits per heavy atom. The smallest absolute Gasteiger partial charge is 0.162 e. The number of rotatable bonds is 3. The Kier molecular flexibility index (Phi) is 16.1. The molecule has 0 fully saturated rings. The largest absolute Gasteiger partial charge is 0.471 e. The molecule has 0 N–H and O–H groups in total. The topological polar surface area (TPSA) is 18.5 Å². The fourth-order valence-electron chi connectivity index (χ4n) is 0.331. The highest BCUT2D eigenvalue weighted by Crippen LogP contribution is 1.89. The van der Waals surface area contributed by atoms with Crippen molar-refractivity contribution in [2.45, 2.75) is 12.6 Å². The maximum atomic E-state index is 5.20. The molecule has 2 nitrogen and oxygen atoms in total. The molecular weight excluding hydrogens is 192 g/mol. The third-order valence-corrected chi connectivity index (χ3v) is 5.12. The van der Waals surface area contributed by atoms with Crippen molar-refractivity contribution in [3.8, 4) is 0 Å². The average Bonchev–Trinajstić information content (AvgIpc) is 1.90. The van der Waals surface area contributed by atoms with E-state index in [1.807, 2.05) is 6.08 Å². The quantitative estimate of drug-likeness (QED) is 0.375. The highest BCUT2D eigenvalue weighted by atomic mass is 28.3. The first kappa shape index (κ1) is 13.1. The van der Waals surface area contributed by atoms with Gasteiger partial charge in [0.15, 0.2) is 9.04 Å². The van der Waals surface area contributed by atoms with Gasteiger partial charge in [-0.15, -0.1) is 6.58 Å². The van der Waals surface area contributed by atoms with Crippen molar-refractivity contribution < 1.29 is 8.23 Å². The van der Waals surface area contributed by atoms with Crippen molar-refractivity contribution in [3.05, 3.63) is 12.7 Å². The van der Waals surface area contributed by atoms with E-state index < -0.39 is 9.04 Å². The summed E-state index contributed by atoms with van der Waals surface area (Å²) in [6.07, 6.45) is 1.94. The van der Waals surface area contributed by atoms with E-state index in [2.05, 4.69) is 17.2 Å². The Morgan fingerprint density at radius 1 is 1.50 bits per heavy atom. The van der Waals surface area contributed by atoms with Gasteiger partial charge in [-0.1, -0.05) is 6.08 Å². The molecule has 0 saturated carbocycles. The third kappa shape index (κ3) is 15.8. The van der Waals surface area contributed by atoms with Crippen LogP contribution in [0.5, 0.6) is 0 Å². The second-order valence-electron chi connectivity index (χ2n) is 1.98. The summed E-state index contributed by atoms with van der Waals surface area (Å²) in [6.45, 7) is 5.81. The Labute approximate surface area is 74.4 Å². The van der Waals surface area contributed by atoms with Crippen LogP contribution in [0.1, 0.15) is 0 Å². The minimum absolute atomic E-state index is 0.738. The van der Waals surface area contributed by atoms with Gasteiger partial charge in [0.2, 0.25) is 0 Å². The molecule has 0 aliphatic rings. The molecule has 62 valence electrons. The summed E-state index contributed by atoms with van der Waals surface area (Å²) in [4.78, 5) is 0. The molecule has 1 atom stereocenters. The van der Waals surface area contributed by atoms with Crippen molar-refractivity contribution >= 4 is 40.5 Å². The van der Waals surface area contributed by atoms with Crippen LogP contribution in [0.25, 0.3) is 0 Å². The Morgan fingerprint density at radius 2 is 1.90 bits per heavy atom. The fourth-order valence-corrected chi connectivity index (χ4v) is 1.57. The second-order valence-corrected chi connectivity index (χ2v) is 9.22. The number of hydrogen-bond acceptors (Lipinski definition) is 2. The molecule has 0 aliphatic carbocycles. The van der Waals surface area contributed by atoms with Crippen molar-refractivity contribution in [2.75, 3.05) is 0 Å². The molecule has 0 aliphatic heterocycles. The van der Waals surface area contributed by atoms with Crippen molar-refractivity contribution in [3.63, 3.8) is 0 Å². The molecule has 0 aromatic rings. The summed E-state index contributed by atoms with van der Waals surface area (Å²) in [7, 11) is 2.02. The van der Waals surface area contributed by atoms with Gasteiger partial charge in [0.25, 0.3) is 0 Å². The summed E-state index contributed by atoms with van der Waals surface area (Å²) >= 11 is 0. The maximum Gasteiger partial charge on any atom is 0.162 e. The van der Waals surface area contributed by atoms with Crippen LogP contribution in [0.2, 0.25) is 12.6 Å². The lowest BCUT2D eigenvalue weighted by atomic mass is 10.8. The zero-order chi connectivity index (χ0) is 8.41. The van der Waals surface area contributed by atoms with Crippen LogP contribution in [0.3, 0.4) is 0 Å². The van der Waals surface area contributed by atoms with E-state index in [-0.39, 0.29) is 0 Å². The van der Waals surface area contributed by atoms with Gasteiger partial charge in [0.05, 0.1) is 0 Å². The SMILES string of the molecule is C=CC[SiH](C)O[SiH3].[SiH3]O[SiH3]. The predicted octanol–water partition coefficient (Wildman–Crippen LogP) is -2.61. The molecule has 0 aromatic heterocycles. The standard InChI is InChI=1S/C4H12OSi2.H6OSi2/c1-3-4-7(2)5-6;2-1-3/h3,7H,1,4H2,2,6H3;2-3H3. The Hall–Kier alpha value is 0.528. The molecule has 0 saturated heterocycles. The van der Waals surface area contributed by atoms with Gasteiger partial charge in [-0.05, 0) is 12.6 Å². The lowest BCUT2D eigenvalue weighted by Gasteiger charge is -2.00. The highest BCUT2D eigenvalue weighted by Gasteiger charge is 1.93. The molecule has 10 heavy (non-hydrogen) atoms. The monoisotopic (exact) mass is 210 g/mol. The molecule has 0 spiro atoms. The van der Waals surface area contributed by atoms with Crippen LogP contribution < -0.4 is 0 Å². The van der Waals surface area contributed by atoms with Crippen LogP contribution in [0.4, 0.5) is 0 Å². The molecule has 0 heterocycles. The molecule has 0 rings (SSSR count). The summed E-state index contributed by atoms with van der Waals surface area (Å²) in [5, 5.41) is 0. The molecule has 6 heteroatoms. The summed E-state index contributed by atoms with van der Waals surface area (Å²) in [5.41, 5.74) is 0. The first-order valence-corrected chi connectivity index (χ1v) is 8.15. The molecule has 0 amide bonds. The van der Waals surface area contributed by atoms with Gasteiger partial charge >= 0.3 is 0 Å². The lowest BCUT2D eigenvalue weighted by Crippen LogP contribution is -2.08. The molecule has 0 radical (unpaired) electrons. The summed E-state index contributed by atoms with van der Waals surface area (Å²) in [5.74, 6) is 0. The lowest BCUT2D eigenvalue weighted by molar-refractivity contribution is 0.642. The maximum absolute atomic E-state index is 5.20. The highest BCUT2D eigenvalue weighted by molar-refractivity contribution is 6.54. The van der Waals surface area contributed by atoms with Crippen molar-refractivity contribution in [1.82, 2.24) is 0 Å². The van der Waals surface area contributed by atoms with Crippen LogP contribution in [0, 0.1) is 0 Å². The van der Waals surface area contributed by atoms with E-state index in [0.717, 1.165) is 37.5 Å². The van der Waals surface area contributed by atoms with E-state index >= 15 is 0 Å². The second kappa shape index (κ2) is 12.2. The van der Waals surface area contributed by atoms with E-state index in [4.69, 9.17) is 4.12 Å². The van der Waals surface area contributed by atoms with Gasteiger partial charge < -0.3 is 8.23 Å². The molecular formula is C4H18O2Si4. The van der Waals surface area contributed by atoms with Gasteiger partial charge in [-0.3, -0.25) is 0 Å². The normalized spacial score (nSPS) is 12.1. The summed E-state index contributed by atoms with van der Waals surface area (Å²) in [6, 6.07) is 1.11. The van der Waals surface area contributed by atoms with Gasteiger partial charge in [0, 0.05) is 0 Å². The Balaban J connectivity index is 0. The van der Waals surface area contributed by atoms with E-state index in [9.17, 15) is 0 Å². The van der Waals surface area contributed by atoms with Crippen LogP contribution in [-0.2, 0) is 8.23 Å². The molecule has 1 unspecified atom stereocenters. The average molecular weight is 211 g/mol. The summed E-state index contributed by atoms with van der Waals surface area (Å²) < 4.78 is 9.72. The third-order valence-electron chi connectivity index (χ3n) is 0.901. The first-order valence-electron chi connectivity index (χ1n) is 3.26. The first-order chi connectivity index (χ1) is 4.72. The Bertz CT molecular complexity index is 70.3. The number of allylic oxidation sites excluding steroid dienone is 1. The van der Waals surface area contributed by atoms with Gasteiger partial charge in [0.1, 0.15) is 31.5 Å². The minimum Gasteiger partial charge on any atom is -0.471 e. The fraction of sp³-hybridized carbons (Fsp3) is 0.500. The van der Waals surface area contributed by atoms with E-state index in [1.165, 1.54) is 0 Å². The van der Waals surface area contributed by atoms with Crippen LogP contribution >= 0.6 is 0 Å². The van der Waals surface area contributed by atoms with Gasteiger partial charge in [-0.2, -0.15) is 0 Å². The number of hydrogen-bond donors (Lipinski definition) is 0. The predicted molar refractivity (Wildman–Crippen MR) is 60.0 cm³/mol. The zero-order valence-electron chi connectivity index (χ0n) is 7.39. The van der Waals surface area contributed by atoms with Crippen LogP contribution in [0.15, 0.2) is 12.7 Å². The van der Waals surface area contributed by atoms with Crippen LogP contribution in [-0.4, -0.2) is 40.5 Å². The van der Waals surface area contributed by atoms with Gasteiger partial charge in [-0.25, -0.2) is 0 Å². The van der Waals surface area contributed by atoms with E-state index in [1.54, 1.807) is 0 Å². The molecule has 0 bridgehead atoms. The minimum atomic E-state index is -0.738. The van der Waals surface area contributed by atoms with Crippen molar-refractivity contribution in [1.29, 1.82) is 0 Å². The molecule has 0 aromatic carbocycles. The zero-order valence-corrected chi connectivity index (χ0v) is 14.5. The van der Waals surface area contributed by atoms with Crippen molar-refractivity contribution in [2.24, 2.45) is 0 Å².